The van der Waals surface area contributed by atoms with Gasteiger partial charge in [0.2, 0.25) is 0 Å². The molecular formula is C22H24N2O2. The molecule has 1 saturated heterocycles. The van der Waals surface area contributed by atoms with Crippen molar-refractivity contribution >= 4 is 17.7 Å². The smallest absolute Gasteiger partial charge is 0.255 e. The number of hydrogen-bond acceptors (Lipinski definition) is 3. The van der Waals surface area contributed by atoms with Crippen LogP contribution in [0.1, 0.15) is 35.2 Å². The SMILES string of the molecule is CNc1ccccc1C(=O)N1CCC[C@@]2(C=Cc3ccccc3O2)CC1. The number of nitrogens with one attached hydrogen (secondary N) is 1. The van der Waals surface area contributed by atoms with Crippen LogP contribution in [0, 0.1) is 0 Å². The van der Waals surface area contributed by atoms with Gasteiger partial charge in [0.25, 0.3) is 5.91 Å². The average Bonchev–Trinajstić information content (AvgIpc) is 2.90. The molecule has 134 valence electrons. The normalized spacial score (nSPS) is 21.7. The summed E-state index contributed by atoms with van der Waals surface area (Å²) < 4.78 is 6.38. The number of carbonyl (C=O) groups excluding carboxylic acids is 1. The molecule has 2 aliphatic heterocycles. The molecule has 1 N–H and O–H groups in total. The van der Waals surface area contributed by atoms with Crippen LogP contribution >= 0.6 is 0 Å². The minimum Gasteiger partial charge on any atom is -0.483 e. The van der Waals surface area contributed by atoms with E-state index in [1.165, 1.54) is 0 Å². The van der Waals surface area contributed by atoms with E-state index >= 15 is 0 Å². The van der Waals surface area contributed by atoms with Crippen LogP contribution in [0.4, 0.5) is 5.69 Å². The highest BCUT2D eigenvalue weighted by atomic mass is 16.5. The Morgan fingerprint density at radius 1 is 1.08 bits per heavy atom. The van der Waals surface area contributed by atoms with E-state index in [9.17, 15) is 4.79 Å². The molecular weight excluding hydrogens is 324 g/mol. The van der Waals surface area contributed by atoms with Gasteiger partial charge in [-0.05, 0) is 37.1 Å². The molecule has 1 spiro atoms. The number of amides is 1. The molecule has 2 heterocycles. The lowest BCUT2D eigenvalue weighted by atomic mass is 9.91. The van der Waals surface area contributed by atoms with Gasteiger partial charge in [-0.2, -0.15) is 0 Å². The summed E-state index contributed by atoms with van der Waals surface area (Å²) in [7, 11) is 1.85. The summed E-state index contributed by atoms with van der Waals surface area (Å²) in [6.45, 7) is 1.46. The number of benzene rings is 2. The maximum absolute atomic E-state index is 13.0. The molecule has 0 aromatic heterocycles. The highest BCUT2D eigenvalue weighted by Crippen LogP contribution is 2.37. The molecule has 2 aromatic carbocycles. The first-order valence-corrected chi connectivity index (χ1v) is 9.24. The summed E-state index contributed by atoms with van der Waals surface area (Å²) in [5.41, 5.74) is 2.43. The number of para-hydroxylation sites is 2. The van der Waals surface area contributed by atoms with E-state index in [1.807, 2.05) is 54.4 Å². The number of hydrogen-bond donors (Lipinski definition) is 1. The van der Waals surface area contributed by atoms with E-state index in [0.717, 1.165) is 48.4 Å². The number of fused-ring (bicyclic) bond motifs is 1. The third-order valence-electron chi connectivity index (χ3n) is 5.35. The predicted molar refractivity (Wildman–Crippen MR) is 105 cm³/mol. The second kappa shape index (κ2) is 6.87. The molecule has 1 amide bonds. The number of nitrogens with zero attached hydrogens (tertiary/aromatic N) is 1. The largest absolute Gasteiger partial charge is 0.483 e. The number of rotatable bonds is 2. The first kappa shape index (κ1) is 16.7. The van der Waals surface area contributed by atoms with Gasteiger partial charge in [0.05, 0.1) is 5.56 Å². The Morgan fingerprint density at radius 3 is 2.77 bits per heavy atom. The van der Waals surface area contributed by atoms with Gasteiger partial charge in [0, 0.05) is 37.8 Å². The molecule has 4 heteroatoms. The third-order valence-corrected chi connectivity index (χ3v) is 5.35. The highest BCUT2D eigenvalue weighted by Gasteiger charge is 2.36. The van der Waals surface area contributed by atoms with Crippen molar-refractivity contribution in [2.75, 3.05) is 25.5 Å². The van der Waals surface area contributed by atoms with E-state index in [1.54, 1.807) is 0 Å². The van der Waals surface area contributed by atoms with Gasteiger partial charge in [-0.15, -0.1) is 0 Å². The summed E-state index contributed by atoms with van der Waals surface area (Å²) in [6, 6.07) is 15.8. The molecule has 1 atom stereocenters. The Bertz CT molecular complexity index is 846. The number of likely N-dealkylation sites (tertiary alicyclic amines) is 1. The van der Waals surface area contributed by atoms with E-state index in [-0.39, 0.29) is 11.5 Å². The van der Waals surface area contributed by atoms with Crippen LogP contribution in [0.15, 0.2) is 54.6 Å². The minimum atomic E-state index is -0.300. The fourth-order valence-electron chi connectivity index (χ4n) is 3.87. The molecule has 4 rings (SSSR count). The van der Waals surface area contributed by atoms with Crippen LogP contribution in [0.2, 0.25) is 0 Å². The van der Waals surface area contributed by atoms with Crippen LogP contribution in [-0.2, 0) is 0 Å². The van der Waals surface area contributed by atoms with Crippen molar-refractivity contribution in [3.63, 3.8) is 0 Å². The van der Waals surface area contributed by atoms with Crippen LogP contribution < -0.4 is 10.1 Å². The second-order valence-corrected chi connectivity index (χ2v) is 6.98. The van der Waals surface area contributed by atoms with Gasteiger partial charge in [-0.25, -0.2) is 0 Å². The number of anilines is 1. The Hall–Kier alpha value is -2.75. The molecule has 1 fully saturated rings. The Kier molecular flexibility index (Phi) is 4.41. The Labute approximate surface area is 154 Å². The molecule has 2 aliphatic rings. The van der Waals surface area contributed by atoms with E-state index in [4.69, 9.17) is 4.74 Å². The molecule has 0 bridgehead atoms. The molecule has 0 saturated carbocycles. The summed E-state index contributed by atoms with van der Waals surface area (Å²) in [6.07, 6.45) is 7.01. The molecule has 0 aliphatic carbocycles. The lowest BCUT2D eigenvalue weighted by Gasteiger charge is -2.34. The lowest BCUT2D eigenvalue weighted by molar-refractivity contribution is 0.0731. The predicted octanol–water partition coefficient (Wildman–Crippen LogP) is 4.20. The summed E-state index contributed by atoms with van der Waals surface area (Å²) in [5, 5.41) is 3.12. The molecule has 2 aromatic rings. The summed E-state index contributed by atoms with van der Waals surface area (Å²) in [4.78, 5) is 15.0. The van der Waals surface area contributed by atoms with Crippen molar-refractivity contribution in [2.24, 2.45) is 0 Å². The van der Waals surface area contributed by atoms with Gasteiger partial charge in [0.1, 0.15) is 11.4 Å². The van der Waals surface area contributed by atoms with E-state index in [2.05, 4.69) is 23.5 Å². The van der Waals surface area contributed by atoms with Crippen LogP contribution in [0.25, 0.3) is 6.08 Å². The highest BCUT2D eigenvalue weighted by molar-refractivity contribution is 5.99. The average molecular weight is 348 g/mol. The number of carbonyl (C=O) groups is 1. The fraction of sp³-hybridized carbons (Fsp3) is 0.318. The standard InChI is InChI=1S/C22H24N2O2/c1-23-19-9-4-3-8-18(19)21(25)24-15-6-12-22(14-16-24)13-11-17-7-2-5-10-20(17)26-22/h2-5,7-11,13,23H,6,12,14-16H2,1H3/t22-/m1/s1. The molecule has 0 unspecified atom stereocenters. The molecule has 26 heavy (non-hydrogen) atoms. The Morgan fingerprint density at radius 2 is 1.88 bits per heavy atom. The van der Waals surface area contributed by atoms with Crippen molar-refractivity contribution in [1.29, 1.82) is 0 Å². The van der Waals surface area contributed by atoms with Gasteiger partial charge in [0.15, 0.2) is 0 Å². The Balaban J connectivity index is 1.52. The van der Waals surface area contributed by atoms with Crippen molar-refractivity contribution in [3.05, 3.63) is 65.7 Å². The number of ether oxygens (including phenoxy) is 1. The first-order chi connectivity index (χ1) is 12.7. The monoisotopic (exact) mass is 348 g/mol. The maximum Gasteiger partial charge on any atom is 0.255 e. The quantitative estimate of drug-likeness (QED) is 0.884. The van der Waals surface area contributed by atoms with E-state index in [0.29, 0.717) is 6.54 Å². The van der Waals surface area contributed by atoms with Gasteiger partial charge >= 0.3 is 0 Å². The van der Waals surface area contributed by atoms with Crippen molar-refractivity contribution in [2.45, 2.75) is 24.9 Å². The lowest BCUT2D eigenvalue weighted by Crippen LogP contribution is -2.38. The summed E-state index contributed by atoms with van der Waals surface area (Å²) in [5.74, 6) is 1.03. The zero-order valence-corrected chi connectivity index (χ0v) is 15.1. The fourth-order valence-corrected chi connectivity index (χ4v) is 3.87. The zero-order valence-electron chi connectivity index (χ0n) is 15.1. The van der Waals surface area contributed by atoms with Crippen molar-refractivity contribution < 1.29 is 9.53 Å². The molecule has 4 nitrogen and oxygen atoms in total. The van der Waals surface area contributed by atoms with Gasteiger partial charge in [-0.3, -0.25) is 4.79 Å². The first-order valence-electron chi connectivity index (χ1n) is 9.24. The van der Waals surface area contributed by atoms with Crippen LogP contribution in [-0.4, -0.2) is 36.5 Å². The topological polar surface area (TPSA) is 41.6 Å². The van der Waals surface area contributed by atoms with Crippen LogP contribution in [0.5, 0.6) is 5.75 Å². The van der Waals surface area contributed by atoms with Crippen LogP contribution in [0.3, 0.4) is 0 Å². The van der Waals surface area contributed by atoms with Gasteiger partial charge in [-0.1, -0.05) is 36.4 Å². The van der Waals surface area contributed by atoms with Crippen molar-refractivity contribution in [1.82, 2.24) is 4.90 Å². The minimum absolute atomic E-state index is 0.0900. The maximum atomic E-state index is 13.0. The third kappa shape index (κ3) is 3.07. The zero-order chi connectivity index (χ0) is 18.0. The second-order valence-electron chi connectivity index (χ2n) is 6.98. The summed E-state index contributed by atoms with van der Waals surface area (Å²) >= 11 is 0. The molecule has 0 radical (unpaired) electrons. The van der Waals surface area contributed by atoms with E-state index < -0.39 is 0 Å². The van der Waals surface area contributed by atoms with Crippen molar-refractivity contribution in [3.8, 4) is 5.75 Å². The van der Waals surface area contributed by atoms with Gasteiger partial charge < -0.3 is 15.0 Å².